The number of sulfone groups is 1. The van der Waals surface area contributed by atoms with Crippen molar-refractivity contribution in [2.24, 2.45) is 7.05 Å². The van der Waals surface area contributed by atoms with Gasteiger partial charge in [-0.2, -0.15) is 5.10 Å². The second kappa shape index (κ2) is 9.77. The van der Waals surface area contributed by atoms with Gasteiger partial charge in [0.2, 0.25) is 0 Å². The van der Waals surface area contributed by atoms with E-state index in [1.807, 2.05) is 6.92 Å². The van der Waals surface area contributed by atoms with E-state index in [-0.39, 0.29) is 11.8 Å². The first kappa shape index (κ1) is 23.6. The first-order valence-corrected chi connectivity index (χ1v) is 12.8. The van der Waals surface area contributed by atoms with Crippen LogP contribution in [0, 0.1) is 0 Å². The number of nitrogens with zero attached hydrogens (tertiary/aromatic N) is 5. The lowest BCUT2D eigenvalue weighted by Crippen LogP contribution is -2.44. The normalized spacial score (nSPS) is 16.3. The van der Waals surface area contributed by atoms with Crippen LogP contribution in [0.2, 0.25) is 0 Å². The van der Waals surface area contributed by atoms with Crippen molar-refractivity contribution < 1.29 is 17.9 Å². The van der Waals surface area contributed by atoms with Crippen LogP contribution < -0.4 is 15.5 Å². The predicted octanol–water partition coefficient (Wildman–Crippen LogP) is 2.29. The minimum absolute atomic E-state index is 0.104. The topological polar surface area (TPSA) is 131 Å². The molecule has 0 spiro atoms. The summed E-state index contributed by atoms with van der Waals surface area (Å²) in [6.07, 6.45) is 4.43. The highest BCUT2D eigenvalue weighted by molar-refractivity contribution is 7.89. The fourth-order valence-corrected chi connectivity index (χ4v) is 4.34. The quantitative estimate of drug-likeness (QED) is 0.544. The van der Waals surface area contributed by atoms with E-state index in [0.717, 1.165) is 0 Å². The zero-order valence-corrected chi connectivity index (χ0v) is 20.0. The van der Waals surface area contributed by atoms with Gasteiger partial charge in [-0.1, -0.05) is 0 Å². The number of benzene rings is 1. The zero-order chi connectivity index (χ0) is 24.3. The summed E-state index contributed by atoms with van der Waals surface area (Å²) >= 11 is 0. The van der Waals surface area contributed by atoms with Crippen LogP contribution in [0.25, 0.3) is 11.4 Å². The molecule has 1 aliphatic rings. The summed E-state index contributed by atoms with van der Waals surface area (Å²) in [6, 6.07) is 8.48. The second-order valence-corrected chi connectivity index (χ2v) is 10.4. The first-order valence-electron chi connectivity index (χ1n) is 10.7. The summed E-state index contributed by atoms with van der Waals surface area (Å²) in [6.45, 7) is 3.84. The minimum Gasteiger partial charge on any atom is -0.377 e. The number of urea groups is 1. The van der Waals surface area contributed by atoms with Gasteiger partial charge >= 0.3 is 6.03 Å². The van der Waals surface area contributed by atoms with Gasteiger partial charge in [0.15, 0.2) is 15.7 Å². The van der Waals surface area contributed by atoms with Crippen molar-refractivity contribution in [3.8, 4) is 11.4 Å². The molecule has 180 valence electrons. The molecule has 1 fully saturated rings. The van der Waals surface area contributed by atoms with E-state index in [9.17, 15) is 13.2 Å². The summed E-state index contributed by atoms with van der Waals surface area (Å²) in [5, 5.41) is 9.47. The van der Waals surface area contributed by atoms with E-state index >= 15 is 0 Å². The fourth-order valence-electron chi connectivity index (χ4n) is 3.65. The molecule has 2 amide bonds. The van der Waals surface area contributed by atoms with E-state index in [2.05, 4.69) is 25.6 Å². The molecule has 0 aliphatic carbocycles. The van der Waals surface area contributed by atoms with E-state index < -0.39 is 15.9 Å². The molecule has 2 N–H and O–H groups in total. The maximum atomic E-state index is 12.2. The van der Waals surface area contributed by atoms with Crippen molar-refractivity contribution in [2.45, 2.75) is 18.7 Å². The largest absolute Gasteiger partial charge is 0.377 e. The van der Waals surface area contributed by atoms with Crippen LogP contribution in [-0.4, -0.2) is 66.3 Å². The minimum atomic E-state index is -3.28. The Bertz CT molecular complexity index is 1270. The van der Waals surface area contributed by atoms with Crippen LogP contribution in [0.3, 0.4) is 0 Å². The Morgan fingerprint density at radius 1 is 1.18 bits per heavy atom. The number of amides is 2. The molecule has 2 aromatic heterocycles. The molecule has 1 saturated heterocycles. The first-order chi connectivity index (χ1) is 16.2. The molecule has 0 saturated carbocycles. The molecule has 11 nitrogen and oxygen atoms in total. The highest BCUT2D eigenvalue weighted by atomic mass is 32.2. The maximum Gasteiger partial charge on any atom is 0.323 e. The van der Waals surface area contributed by atoms with Gasteiger partial charge in [0, 0.05) is 43.4 Å². The molecule has 1 aromatic carbocycles. The average molecular weight is 486 g/mol. The van der Waals surface area contributed by atoms with Crippen molar-refractivity contribution >= 4 is 33.1 Å². The third-order valence-electron chi connectivity index (χ3n) is 5.20. The lowest BCUT2D eigenvalue weighted by Gasteiger charge is -2.34. The smallest absolute Gasteiger partial charge is 0.323 e. The molecular formula is C22H27N7O4S. The van der Waals surface area contributed by atoms with E-state index in [0.29, 0.717) is 54.0 Å². The maximum absolute atomic E-state index is 12.2. The molecular weight excluding hydrogens is 458 g/mol. The van der Waals surface area contributed by atoms with Crippen molar-refractivity contribution in [1.29, 1.82) is 0 Å². The molecule has 0 unspecified atom stereocenters. The fraction of sp³-hybridized carbons (Fsp3) is 0.364. The Kier molecular flexibility index (Phi) is 6.80. The molecule has 0 bridgehead atoms. The Morgan fingerprint density at radius 3 is 2.56 bits per heavy atom. The van der Waals surface area contributed by atoms with Gasteiger partial charge in [-0.3, -0.25) is 4.68 Å². The lowest BCUT2D eigenvalue weighted by atomic mass is 10.2. The van der Waals surface area contributed by atoms with Crippen LogP contribution in [0.5, 0.6) is 0 Å². The standard InChI is InChI=1S/C22H27N7O4S/c1-15-13-33-9-8-29(15)20-10-18(14-34(3,31)32)24-21(27-20)16-4-6-17(7-5-16)25-22(30)26-19-11-23-28(2)12-19/h4-7,10-12,15H,8-9,13-14H2,1-3H3,(H2,25,26,30)/t15-/m0/s1. The van der Waals surface area contributed by atoms with Crippen LogP contribution in [-0.2, 0) is 27.4 Å². The lowest BCUT2D eigenvalue weighted by molar-refractivity contribution is 0.0985. The summed E-state index contributed by atoms with van der Waals surface area (Å²) in [4.78, 5) is 23.5. The molecule has 0 radical (unpaired) electrons. The number of ether oxygens (including phenoxy) is 1. The summed E-state index contributed by atoms with van der Waals surface area (Å²) in [5.74, 6) is 0.904. The van der Waals surface area contributed by atoms with Crippen molar-refractivity contribution in [3.63, 3.8) is 0 Å². The van der Waals surface area contributed by atoms with Crippen molar-refractivity contribution in [2.75, 3.05) is 41.5 Å². The van der Waals surface area contributed by atoms with Gasteiger partial charge in [0.05, 0.1) is 42.6 Å². The van der Waals surface area contributed by atoms with Crippen molar-refractivity contribution in [1.82, 2.24) is 19.7 Å². The molecule has 34 heavy (non-hydrogen) atoms. The Morgan fingerprint density at radius 2 is 1.91 bits per heavy atom. The SMILES string of the molecule is C[C@H]1COCCN1c1cc(CS(C)(=O)=O)nc(-c2ccc(NC(=O)Nc3cnn(C)c3)cc2)n1. The van der Waals surface area contributed by atoms with E-state index in [1.54, 1.807) is 54.5 Å². The van der Waals surface area contributed by atoms with Gasteiger partial charge in [-0.05, 0) is 31.2 Å². The number of carbonyl (C=O) groups is 1. The van der Waals surface area contributed by atoms with Crippen LogP contribution in [0.4, 0.5) is 22.0 Å². The third-order valence-corrected chi connectivity index (χ3v) is 6.02. The highest BCUT2D eigenvalue weighted by Gasteiger charge is 2.22. The Hall–Kier alpha value is -3.51. The molecule has 12 heteroatoms. The van der Waals surface area contributed by atoms with E-state index in [1.165, 1.54) is 6.26 Å². The van der Waals surface area contributed by atoms with Gasteiger partial charge in [-0.25, -0.2) is 23.2 Å². The van der Waals surface area contributed by atoms with E-state index in [4.69, 9.17) is 9.72 Å². The highest BCUT2D eigenvalue weighted by Crippen LogP contribution is 2.25. The molecule has 1 aliphatic heterocycles. The molecule has 3 aromatic rings. The summed E-state index contributed by atoms with van der Waals surface area (Å²) in [5.41, 5.74) is 2.30. The zero-order valence-electron chi connectivity index (χ0n) is 19.2. The summed E-state index contributed by atoms with van der Waals surface area (Å²) < 4.78 is 31.0. The second-order valence-electron chi connectivity index (χ2n) is 8.29. The number of nitrogens with one attached hydrogen (secondary N) is 2. The number of anilines is 3. The number of aromatic nitrogens is 4. The van der Waals surface area contributed by atoms with Gasteiger partial charge in [-0.15, -0.1) is 0 Å². The molecule has 1 atom stereocenters. The number of rotatable bonds is 6. The Balaban J connectivity index is 1.56. The molecule has 4 rings (SSSR count). The van der Waals surface area contributed by atoms with Crippen molar-refractivity contribution in [3.05, 3.63) is 48.4 Å². The van der Waals surface area contributed by atoms with Crippen LogP contribution >= 0.6 is 0 Å². The average Bonchev–Trinajstić information content (AvgIpc) is 3.17. The number of carbonyl (C=O) groups excluding carboxylic acids is 1. The summed E-state index contributed by atoms with van der Waals surface area (Å²) in [7, 11) is -1.51. The predicted molar refractivity (Wildman–Crippen MR) is 129 cm³/mol. The molecule has 3 heterocycles. The third kappa shape index (κ3) is 6.08. The number of aryl methyl sites for hydroxylation is 1. The number of hydrogen-bond donors (Lipinski definition) is 2. The Labute approximate surface area is 198 Å². The van der Waals surface area contributed by atoms with Gasteiger partial charge in [0.25, 0.3) is 0 Å². The van der Waals surface area contributed by atoms with Crippen LogP contribution in [0.15, 0.2) is 42.7 Å². The van der Waals surface area contributed by atoms with Gasteiger partial charge < -0.3 is 20.3 Å². The number of hydrogen-bond acceptors (Lipinski definition) is 8. The van der Waals surface area contributed by atoms with Gasteiger partial charge in [0.1, 0.15) is 5.82 Å². The number of morpholine rings is 1. The monoisotopic (exact) mass is 485 g/mol. The van der Waals surface area contributed by atoms with Crippen LogP contribution in [0.1, 0.15) is 12.6 Å².